The highest BCUT2D eigenvalue weighted by Gasteiger charge is 2.42. The number of hydrogen-bond donors (Lipinski definition) is 0. The Morgan fingerprint density at radius 1 is 1.28 bits per heavy atom. The third-order valence-corrected chi connectivity index (χ3v) is 5.67. The number of nitrogens with zero attached hydrogens (tertiary/aromatic N) is 6. The number of aryl methyl sites for hydroxylation is 1. The Labute approximate surface area is 148 Å². The summed E-state index contributed by atoms with van der Waals surface area (Å²) in [6.07, 6.45) is 4.61. The fourth-order valence-electron chi connectivity index (χ4n) is 4.33. The highest BCUT2D eigenvalue weighted by Crippen LogP contribution is 2.34. The standard InChI is InChI=1S/C18H26N6O/c1-5-23-12(4)15(9-19-23)18(25)24-13-6-7-14(24)10-22-16(8-13)20-21-17(22)11(2)3/h9,11,13-14H,5-8,10H2,1-4H3/t13-,14+/m0/s1. The van der Waals surface area contributed by atoms with Gasteiger partial charge in [0.2, 0.25) is 0 Å². The SMILES string of the molecule is CCn1ncc(C(=O)N2[C@@H]3CC[C@H]2Cc2nnc(C(C)C)n2C3)c1C. The lowest BCUT2D eigenvalue weighted by Gasteiger charge is -2.28. The maximum atomic E-state index is 13.3. The molecule has 0 spiro atoms. The Morgan fingerprint density at radius 2 is 2.04 bits per heavy atom. The highest BCUT2D eigenvalue weighted by atomic mass is 16.2. The van der Waals surface area contributed by atoms with Gasteiger partial charge in [-0.1, -0.05) is 13.8 Å². The maximum Gasteiger partial charge on any atom is 0.257 e. The molecular formula is C18H26N6O. The molecule has 4 heterocycles. The highest BCUT2D eigenvalue weighted by molar-refractivity contribution is 5.95. The van der Waals surface area contributed by atoms with Gasteiger partial charge < -0.3 is 9.47 Å². The molecule has 2 aromatic heterocycles. The first-order valence-electron chi connectivity index (χ1n) is 9.28. The van der Waals surface area contributed by atoms with Gasteiger partial charge in [-0.2, -0.15) is 5.10 Å². The molecule has 0 saturated carbocycles. The minimum Gasteiger partial charge on any atom is -0.330 e. The van der Waals surface area contributed by atoms with Crippen molar-refractivity contribution in [2.24, 2.45) is 0 Å². The fraction of sp³-hybridized carbons (Fsp3) is 0.667. The molecule has 0 aromatic carbocycles. The van der Waals surface area contributed by atoms with Crippen LogP contribution in [-0.2, 0) is 19.5 Å². The average Bonchev–Trinajstić information content (AvgIpc) is 3.22. The zero-order valence-electron chi connectivity index (χ0n) is 15.4. The van der Waals surface area contributed by atoms with Crippen LogP contribution in [0.3, 0.4) is 0 Å². The van der Waals surface area contributed by atoms with Gasteiger partial charge in [0.25, 0.3) is 5.91 Å². The Morgan fingerprint density at radius 3 is 2.72 bits per heavy atom. The predicted molar refractivity (Wildman–Crippen MR) is 93.4 cm³/mol. The Hall–Kier alpha value is -2.18. The lowest BCUT2D eigenvalue weighted by molar-refractivity contribution is 0.0664. The number of rotatable bonds is 3. The van der Waals surface area contributed by atoms with Crippen molar-refractivity contribution in [2.75, 3.05) is 0 Å². The van der Waals surface area contributed by atoms with Crippen LogP contribution in [0, 0.1) is 6.92 Å². The first-order valence-corrected chi connectivity index (χ1v) is 9.28. The minimum atomic E-state index is 0.120. The van der Waals surface area contributed by atoms with Crippen molar-refractivity contribution in [2.45, 2.75) is 78.0 Å². The monoisotopic (exact) mass is 342 g/mol. The van der Waals surface area contributed by atoms with E-state index >= 15 is 0 Å². The molecule has 134 valence electrons. The summed E-state index contributed by atoms with van der Waals surface area (Å²) >= 11 is 0. The van der Waals surface area contributed by atoms with Crippen molar-refractivity contribution >= 4 is 5.91 Å². The van der Waals surface area contributed by atoms with Crippen LogP contribution in [0.2, 0.25) is 0 Å². The van der Waals surface area contributed by atoms with Crippen LogP contribution in [-0.4, -0.2) is 47.4 Å². The third kappa shape index (κ3) is 2.48. The number of amides is 1. The summed E-state index contributed by atoms with van der Waals surface area (Å²) in [5.74, 6) is 2.51. The summed E-state index contributed by atoms with van der Waals surface area (Å²) in [6, 6.07) is 0.434. The van der Waals surface area contributed by atoms with Gasteiger partial charge in [-0.15, -0.1) is 10.2 Å². The second-order valence-corrected chi connectivity index (χ2v) is 7.50. The molecule has 7 nitrogen and oxygen atoms in total. The van der Waals surface area contributed by atoms with Crippen molar-refractivity contribution in [3.63, 3.8) is 0 Å². The summed E-state index contributed by atoms with van der Waals surface area (Å²) in [7, 11) is 0. The molecule has 2 bridgehead atoms. The van der Waals surface area contributed by atoms with Crippen LogP contribution < -0.4 is 0 Å². The molecule has 2 aliphatic rings. The van der Waals surface area contributed by atoms with Gasteiger partial charge in [-0.3, -0.25) is 9.48 Å². The van der Waals surface area contributed by atoms with Crippen LogP contribution in [0.25, 0.3) is 0 Å². The molecule has 1 saturated heterocycles. The van der Waals surface area contributed by atoms with Crippen LogP contribution in [0.1, 0.15) is 67.2 Å². The van der Waals surface area contributed by atoms with Gasteiger partial charge >= 0.3 is 0 Å². The number of carbonyl (C=O) groups is 1. The van der Waals surface area contributed by atoms with Crippen molar-refractivity contribution < 1.29 is 4.79 Å². The summed E-state index contributed by atoms with van der Waals surface area (Å²) in [5.41, 5.74) is 1.69. The molecule has 0 unspecified atom stereocenters. The minimum absolute atomic E-state index is 0.120. The van der Waals surface area contributed by atoms with Crippen molar-refractivity contribution in [1.29, 1.82) is 0 Å². The smallest absolute Gasteiger partial charge is 0.257 e. The zero-order chi connectivity index (χ0) is 17.7. The molecule has 7 heteroatoms. The van der Waals surface area contributed by atoms with Gasteiger partial charge in [0, 0.05) is 37.2 Å². The summed E-state index contributed by atoms with van der Waals surface area (Å²) in [5, 5.41) is 13.2. The molecule has 1 fully saturated rings. The maximum absolute atomic E-state index is 13.3. The van der Waals surface area contributed by atoms with E-state index in [-0.39, 0.29) is 18.0 Å². The average molecular weight is 342 g/mol. The summed E-state index contributed by atoms with van der Waals surface area (Å²) in [6.45, 7) is 9.90. The third-order valence-electron chi connectivity index (χ3n) is 5.67. The normalized spacial score (nSPS) is 22.4. The molecule has 0 aliphatic carbocycles. The molecule has 4 rings (SSSR count). The topological polar surface area (TPSA) is 68.8 Å². The molecule has 0 radical (unpaired) electrons. The number of carbonyl (C=O) groups excluding carboxylic acids is 1. The lowest BCUT2D eigenvalue weighted by atomic mass is 10.1. The second kappa shape index (κ2) is 5.97. The van der Waals surface area contributed by atoms with Gasteiger partial charge in [-0.05, 0) is 26.7 Å². The molecule has 2 aromatic rings. The van der Waals surface area contributed by atoms with Crippen LogP contribution in [0.5, 0.6) is 0 Å². The number of fused-ring (bicyclic) bond motifs is 3. The van der Waals surface area contributed by atoms with Crippen molar-refractivity contribution in [3.05, 3.63) is 29.1 Å². The van der Waals surface area contributed by atoms with Crippen LogP contribution in [0.4, 0.5) is 0 Å². The number of hydrogen-bond acceptors (Lipinski definition) is 4. The van der Waals surface area contributed by atoms with Crippen LogP contribution in [0.15, 0.2) is 6.20 Å². The predicted octanol–water partition coefficient (Wildman–Crippen LogP) is 2.16. The van der Waals surface area contributed by atoms with E-state index in [0.717, 1.165) is 55.3 Å². The first-order chi connectivity index (χ1) is 12.0. The van der Waals surface area contributed by atoms with Gasteiger partial charge in [0.05, 0.1) is 17.8 Å². The van der Waals surface area contributed by atoms with E-state index in [0.29, 0.717) is 5.92 Å². The summed E-state index contributed by atoms with van der Waals surface area (Å²) in [4.78, 5) is 15.4. The van der Waals surface area contributed by atoms with E-state index in [2.05, 4.69) is 38.6 Å². The Bertz CT molecular complexity index is 805. The van der Waals surface area contributed by atoms with E-state index in [9.17, 15) is 4.79 Å². The quantitative estimate of drug-likeness (QED) is 0.857. The largest absolute Gasteiger partial charge is 0.330 e. The first kappa shape index (κ1) is 16.3. The molecular weight excluding hydrogens is 316 g/mol. The number of aromatic nitrogens is 5. The van der Waals surface area contributed by atoms with Gasteiger partial charge in [0.1, 0.15) is 11.6 Å². The fourth-order valence-corrected chi connectivity index (χ4v) is 4.33. The van der Waals surface area contributed by atoms with E-state index in [1.807, 2.05) is 18.5 Å². The summed E-state index contributed by atoms with van der Waals surface area (Å²) < 4.78 is 4.13. The molecule has 2 atom stereocenters. The molecule has 2 aliphatic heterocycles. The zero-order valence-corrected chi connectivity index (χ0v) is 15.4. The van der Waals surface area contributed by atoms with E-state index in [1.54, 1.807) is 6.20 Å². The van der Waals surface area contributed by atoms with Gasteiger partial charge in [-0.25, -0.2) is 0 Å². The van der Waals surface area contributed by atoms with Crippen molar-refractivity contribution in [1.82, 2.24) is 29.4 Å². The molecule has 25 heavy (non-hydrogen) atoms. The van der Waals surface area contributed by atoms with Gasteiger partial charge in [0.15, 0.2) is 0 Å². The lowest BCUT2D eigenvalue weighted by Crippen LogP contribution is -2.42. The Kier molecular flexibility index (Phi) is 3.89. The van der Waals surface area contributed by atoms with Crippen LogP contribution >= 0.6 is 0 Å². The Balaban J connectivity index is 1.66. The molecule has 1 amide bonds. The van der Waals surface area contributed by atoms with Crippen molar-refractivity contribution in [3.8, 4) is 0 Å². The van der Waals surface area contributed by atoms with E-state index in [1.165, 1.54) is 0 Å². The second-order valence-electron chi connectivity index (χ2n) is 7.50. The van der Waals surface area contributed by atoms with E-state index in [4.69, 9.17) is 0 Å². The van der Waals surface area contributed by atoms with E-state index < -0.39 is 0 Å². The molecule has 0 N–H and O–H groups in total.